The van der Waals surface area contributed by atoms with E-state index >= 15 is 0 Å². The van der Waals surface area contributed by atoms with Gasteiger partial charge in [-0.1, -0.05) is 12.1 Å². The number of ether oxygens (including phenoxy) is 2. The van der Waals surface area contributed by atoms with E-state index in [2.05, 4.69) is 5.10 Å². The molecule has 3 aromatic rings. The lowest BCUT2D eigenvalue weighted by atomic mass is 9.98. The van der Waals surface area contributed by atoms with Crippen molar-refractivity contribution in [3.63, 3.8) is 0 Å². The number of phenolic OH excluding ortho intramolecular Hbond substituents is 1. The average molecular weight is 364 g/mol. The first-order chi connectivity index (χ1) is 12.3. The van der Waals surface area contributed by atoms with Crippen molar-refractivity contribution in [2.24, 2.45) is 0 Å². The topological polar surface area (TPSA) is 67.4 Å². The number of benzene rings is 2. The molecular formula is C18H15F3N2O3. The number of aromatic hydroxyl groups is 1. The Kier molecular flexibility index (Phi) is 4.50. The third-order valence-electron chi connectivity index (χ3n) is 3.89. The third kappa shape index (κ3) is 3.17. The van der Waals surface area contributed by atoms with E-state index in [-0.39, 0.29) is 28.1 Å². The molecule has 5 nitrogen and oxygen atoms in total. The van der Waals surface area contributed by atoms with Crippen LogP contribution in [0.5, 0.6) is 17.2 Å². The Balaban J connectivity index is 2.22. The van der Waals surface area contributed by atoms with Gasteiger partial charge >= 0.3 is 6.18 Å². The number of methoxy groups -OCH3 is 2. The molecule has 0 aliphatic rings. The molecule has 2 N–H and O–H groups in total. The highest BCUT2D eigenvalue weighted by Gasteiger charge is 2.38. The van der Waals surface area contributed by atoms with E-state index in [1.165, 1.54) is 44.6 Å². The van der Waals surface area contributed by atoms with E-state index < -0.39 is 11.9 Å². The summed E-state index contributed by atoms with van der Waals surface area (Å²) in [4.78, 5) is 0. The fourth-order valence-corrected chi connectivity index (χ4v) is 2.62. The molecular weight excluding hydrogens is 349 g/mol. The average Bonchev–Trinajstić information content (AvgIpc) is 3.06. The molecule has 3 rings (SSSR count). The van der Waals surface area contributed by atoms with Crippen LogP contribution in [-0.2, 0) is 6.18 Å². The molecule has 0 spiro atoms. The summed E-state index contributed by atoms with van der Waals surface area (Å²) in [6.45, 7) is 0. The molecule has 0 fully saturated rings. The number of phenols is 1. The maximum atomic E-state index is 13.4. The quantitative estimate of drug-likeness (QED) is 0.716. The van der Waals surface area contributed by atoms with E-state index in [0.29, 0.717) is 11.5 Å². The van der Waals surface area contributed by atoms with Crippen LogP contribution in [0.3, 0.4) is 0 Å². The van der Waals surface area contributed by atoms with Crippen molar-refractivity contribution in [2.45, 2.75) is 6.18 Å². The van der Waals surface area contributed by atoms with Gasteiger partial charge in [0, 0.05) is 17.2 Å². The molecule has 0 atom stereocenters. The monoisotopic (exact) mass is 364 g/mol. The summed E-state index contributed by atoms with van der Waals surface area (Å²) in [6.07, 6.45) is -4.64. The molecule has 0 saturated heterocycles. The Morgan fingerprint density at radius 2 is 1.58 bits per heavy atom. The minimum atomic E-state index is -4.64. The van der Waals surface area contributed by atoms with Crippen LogP contribution in [0.15, 0.2) is 42.5 Å². The van der Waals surface area contributed by atoms with Crippen molar-refractivity contribution in [3.05, 3.63) is 48.2 Å². The Labute approximate surface area is 147 Å². The van der Waals surface area contributed by atoms with Gasteiger partial charge in [-0.25, -0.2) is 0 Å². The minimum absolute atomic E-state index is 0.0114. The van der Waals surface area contributed by atoms with Gasteiger partial charge < -0.3 is 14.6 Å². The number of hydrogen-bond donors (Lipinski definition) is 2. The number of nitrogens with zero attached hydrogens (tertiary/aromatic N) is 1. The molecule has 136 valence electrons. The second kappa shape index (κ2) is 6.62. The van der Waals surface area contributed by atoms with Crippen molar-refractivity contribution in [2.75, 3.05) is 14.2 Å². The number of H-pyrrole nitrogens is 1. The molecule has 0 aliphatic carbocycles. The van der Waals surface area contributed by atoms with Gasteiger partial charge in [-0.2, -0.15) is 18.3 Å². The first-order valence-corrected chi connectivity index (χ1v) is 7.52. The van der Waals surface area contributed by atoms with Gasteiger partial charge in [-0.05, 0) is 29.8 Å². The van der Waals surface area contributed by atoms with Gasteiger partial charge in [0.05, 0.1) is 14.2 Å². The second-order valence-corrected chi connectivity index (χ2v) is 5.43. The van der Waals surface area contributed by atoms with Crippen LogP contribution in [-0.4, -0.2) is 29.5 Å². The van der Waals surface area contributed by atoms with Gasteiger partial charge in [0.2, 0.25) is 0 Å². The van der Waals surface area contributed by atoms with E-state index in [0.717, 1.165) is 0 Å². The van der Waals surface area contributed by atoms with Crippen molar-refractivity contribution in [1.29, 1.82) is 0 Å². The standard InChI is InChI=1S/C18H15F3N2O3/c1-25-11-5-3-10(4-6-11)15-16(22-23-17(15)18(19,20)21)13-8-7-12(26-2)9-14(13)24/h3-9,24H,1-2H3,(H,22,23). The number of aromatic amines is 1. The highest BCUT2D eigenvalue weighted by Crippen LogP contribution is 2.43. The lowest BCUT2D eigenvalue weighted by molar-refractivity contribution is -0.140. The number of nitrogens with one attached hydrogen (secondary N) is 1. The highest BCUT2D eigenvalue weighted by molar-refractivity contribution is 5.85. The maximum absolute atomic E-state index is 13.4. The molecule has 0 unspecified atom stereocenters. The van der Waals surface area contributed by atoms with Gasteiger partial charge in [-0.15, -0.1) is 0 Å². The first kappa shape index (κ1) is 17.7. The van der Waals surface area contributed by atoms with Crippen LogP contribution >= 0.6 is 0 Å². The lowest BCUT2D eigenvalue weighted by Crippen LogP contribution is -2.07. The SMILES string of the molecule is COc1ccc(-c2c(-c3ccc(OC)cc3O)n[nH]c2C(F)(F)F)cc1. The Bertz CT molecular complexity index is 918. The lowest BCUT2D eigenvalue weighted by Gasteiger charge is -2.11. The predicted molar refractivity (Wildman–Crippen MR) is 89.2 cm³/mol. The summed E-state index contributed by atoms with van der Waals surface area (Å²) in [5.74, 6) is 0.655. The molecule has 0 aliphatic heterocycles. The van der Waals surface area contributed by atoms with Crippen molar-refractivity contribution < 1.29 is 27.8 Å². The number of hydrogen-bond acceptors (Lipinski definition) is 4. The summed E-state index contributed by atoms with van der Waals surface area (Å²) in [7, 11) is 2.89. The molecule has 0 saturated carbocycles. The normalized spacial score (nSPS) is 11.4. The number of rotatable bonds is 4. The van der Waals surface area contributed by atoms with Crippen LogP contribution < -0.4 is 9.47 Å². The number of alkyl halides is 3. The Morgan fingerprint density at radius 1 is 0.962 bits per heavy atom. The van der Waals surface area contributed by atoms with Crippen molar-refractivity contribution in [3.8, 4) is 39.6 Å². The van der Waals surface area contributed by atoms with Crippen LogP contribution in [0, 0.1) is 0 Å². The highest BCUT2D eigenvalue weighted by atomic mass is 19.4. The Hall–Kier alpha value is -3.16. The summed E-state index contributed by atoms with van der Waals surface area (Å²) in [5, 5.41) is 16.1. The molecule has 8 heteroatoms. The zero-order chi connectivity index (χ0) is 18.9. The predicted octanol–water partition coefficient (Wildman–Crippen LogP) is 4.49. The summed E-state index contributed by atoms with van der Waals surface area (Å²) >= 11 is 0. The minimum Gasteiger partial charge on any atom is -0.507 e. The fourth-order valence-electron chi connectivity index (χ4n) is 2.62. The van der Waals surface area contributed by atoms with E-state index in [1.54, 1.807) is 12.1 Å². The molecule has 1 heterocycles. The van der Waals surface area contributed by atoms with E-state index in [1.807, 2.05) is 5.10 Å². The summed E-state index contributed by atoms with van der Waals surface area (Å²) < 4.78 is 50.4. The zero-order valence-electron chi connectivity index (χ0n) is 13.9. The summed E-state index contributed by atoms with van der Waals surface area (Å²) in [5.41, 5.74) is -0.711. The molecule has 2 aromatic carbocycles. The van der Waals surface area contributed by atoms with Crippen molar-refractivity contribution >= 4 is 0 Å². The van der Waals surface area contributed by atoms with Gasteiger partial charge in [0.15, 0.2) is 0 Å². The molecule has 0 bridgehead atoms. The van der Waals surface area contributed by atoms with E-state index in [4.69, 9.17) is 9.47 Å². The summed E-state index contributed by atoms with van der Waals surface area (Å²) in [6, 6.07) is 10.4. The van der Waals surface area contributed by atoms with Crippen LogP contribution in [0.4, 0.5) is 13.2 Å². The molecule has 0 amide bonds. The fraction of sp³-hybridized carbons (Fsp3) is 0.167. The van der Waals surface area contributed by atoms with Crippen LogP contribution in [0.25, 0.3) is 22.4 Å². The van der Waals surface area contributed by atoms with Crippen LogP contribution in [0.1, 0.15) is 5.69 Å². The van der Waals surface area contributed by atoms with Crippen molar-refractivity contribution in [1.82, 2.24) is 10.2 Å². The van der Waals surface area contributed by atoms with Crippen LogP contribution in [0.2, 0.25) is 0 Å². The smallest absolute Gasteiger partial charge is 0.433 e. The largest absolute Gasteiger partial charge is 0.507 e. The zero-order valence-corrected chi connectivity index (χ0v) is 13.9. The number of aromatic nitrogens is 2. The van der Waals surface area contributed by atoms with Gasteiger partial charge in [0.1, 0.15) is 28.6 Å². The van der Waals surface area contributed by atoms with E-state index in [9.17, 15) is 18.3 Å². The maximum Gasteiger partial charge on any atom is 0.433 e. The number of halogens is 3. The first-order valence-electron chi connectivity index (χ1n) is 7.52. The van der Waals surface area contributed by atoms with Gasteiger partial charge in [-0.3, -0.25) is 5.10 Å². The second-order valence-electron chi connectivity index (χ2n) is 5.43. The van der Waals surface area contributed by atoms with Gasteiger partial charge in [0.25, 0.3) is 0 Å². The Morgan fingerprint density at radius 3 is 2.12 bits per heavy atom. The molecule has 0 radical (unpaired) electrons. The molecule has 1 aromatic heterocycles. The third-order valence-corrected chi connectivity index (χ3v) is 3.89. The molecule has 26 heavy (non-hydrogen) atoms.